The van der Waals surface area contributed by atoms with Crippen LogP contribution in [0.25, 0.3) is 10.2 Å². The second-order valence-corrected chi connectivity index (χ2v) is 7.06. The highest BCUT2D eigenvalue weighted by Crippen LogP contribution is 2.36. The van der Waals surface area contributed by atoms with Crippen molar-refractivity contribution in [3.63, 3.8) is 0 Å². The summed E-state index contributed by atoms with van der Waals surface area (Å²) in [5.41, 5.74) is 6.49. The van der Waals surface area contributed by atoms with Gasteiger partial charge in [-0.2, -0.15) is 10.0 Å². The Morgan fingerprint density at radius 2 is 2.20 bits per heavy atom. The molecule has 3 rings (SSSR count). The van der Waals surface area contributed by atoms with E-state index in [9.17, 15) is 4.79 Å². The van der Waals surface area contributed by atoms with Gasteiger partial charge in [-0.1, -0.05) is 0 Å². The standard InChI is InChI=1S/C13H18N4O2S/c1-13(2,3)19-17-5-4-7-8(6-17)20-11-9(7)10(14)15-12(18)16-11/h4-6H2,1-3H3,(H3,14,15,16,18). The highest BCUT2D eigenvalue weighted by molar-refractivity contribution is 7.18. The highest BCUT2D eigenvalue weighted by atomic mass is 32.1. The number of nitrogens with one attached hydrogen (secondary N) is 1. The van der Waals surface area contributed by atoms with E-state index in [0.29, 0.717) is 12.4 Å². The Morgan fingerprint density at radius 1 is 1.45 bits per heavy atom. The van der Waals surface area contributed by atoms with E-state index in [1.807, 2.05) is 25.8 Å². The minimum atomic E-state index is -0.392. The number of hydrogen-bond acceptors (Lipinski definition) is 6. The number of nitrogens with two attached hydrogens (primary N) is 1. The number of nitrogens with zero attached hydrogens (tertiary/aromatic N) is 2. The minimum Gasteiger partial charge on any atom is -0.383 e. The molecule has 3 N–H and O–H groups in total. The summed E-state index contributed by atoms with van der Waals surface area (Å²) >= 11 is 1.56. The molecule has 0 bridgehead atoms. The molecule has 0 fully saturated rings. The number of hydrogen-bond donors (Lipinski definition) is 2. The zero-order valence-corrected chi connectivity index (χ0v) is 12.6. The van der Waals surface area contributed by atoms with Crippen LogP contribution in [-0.4, -0.2) is 27.2 Å². The quantitative estimate of drug-likeness (QED) is 0.835. The number of hydroxylamine groups is 2. The van der Waals surface area contributed by atoms with Crippen LogP contribution < -0.4 is 11.4 Å². The van der Waals surface area contributed by atoms with E-state index < -0.39 is 5.69 Å². The van der Waals surface area contributed by atoms with Crippen LogP contribution in [0.3, 0.4) is 0 Å². The van der Waals surface area contributed by atoms with Gasteiger partial charge < -0.3 is 5.73 Å². The number of aromatic nitrogens is 2. The predicted molar refractivity (Wildman–Crippen MR) is 79.6 cm³/mol. The van der Waals surface area contributed by atoms with Gasteiger partial charge in [-0.15, -0.1) is 11.3 Å². The number of thiophene rings is 1. The molecule has 0 amide bonds. The molecule has 20 heavy (non-hydrogen) atoms. The molecule has 3 heterocycles. The third kappa shape index (κ3) is 2.44. The van der Waals surface area contributed by atoms with Gasteiger partial charge in [0.25, 0.3) is 0 Å². The van der Waals surface area contributed by atoms with Gasteiger partial charge >= 0.3 is 5.69 Å². The highest BCUT2D eigenvalue weighted by Gasteiger charge is 2.26. The van der Waals surface area contributed by atoms with Crippen molar-refractivity contribution in [2.24, 2.45) is 0 Å². The first kappa shape index (κ1) is 13.5. The van der Waals surface area contributed by atoms with Crippen LogP contribution >= 0.6 is 11.3 Å². The monoisotopic (exact) mass is 294 g/mol. The summed E-state index contributed by atoms with van der Waals surface area (Å²) in [6.07, 6.45) is 0.851. The van der Waals surface area contributed by atoms with Crippen LogP contribution in [0.1, 0.15) is 31.2 Å². The molecule has 0 radical (unpaired) electrons. The molecule has 0 atom stereocenters. The van der Waals surface area contributed by atoms with Crippen LogP contribution in [0, 0.1) is 0 Å². The Bertz CT molecular complexity index is 713. The lowest BCUT2D eigenvalue weighted by Gasteiger charge is -2.32. The SMILES string of the molecule is CC(C)(C)ON1CCc2c(sc3[nH]c(=O)nc(N)c23)C1. The van der Waals surface area contributed by atoms with Gasteiger partial charge in [-0.25, -0.2) is 4.79 Å². The molecule has 0 saturated carbocycles. The lowest BCUT2D eigenvalue weighted by molar-refractivity contribution is -0.236. The molecule has 7 heteroatoms. The van der Waals surface area contributed by atoms with Crippen LogP contribution in [0.2, 0.25) is 0 Å². The number of nitrogen functional groups attached to an aromatic ring is 1. The maximum atomic E-state index is 11.4. The molecule has 1 aliphatic rings. The van der Waals surface area contributed by atoms with Crippen LogP contribution in [0.15, 0.2) is 4.79 Å². The first-order valence-electron chi connectivity index (χ1n) is 6.57. The van der Waals surface area contributed by atoms with Gasteiger partial charge in [0.15, 0.2) is 0 Å². The summed E-state index contributed by atoms with van der Waals surface area (Å²) in [5, 5.41) is 2.87. The Hall–Kier alpha value is -1.44. The Morgan fingerprint density at radius 3 is 2.90 bits per heavy atom. The summed E-state index contributed by atoms with van der Waals surface area (Å²) in [6.45, 7) is 7.63. The van der Waals surface area contributed by atoms with Gasteiger partial charge in [0, 0.05) is 11.4 Å². The van der Waals surface area contributed by atoms with E-state index >= 15 is 0 Å². The molecule has 0 saturated heterocycles. The van der Waals surface area contributed by atoms with Crippen molar-refractivity contribution in [1.82, 2.24) is 15.0 Å². The lowest BCUT2D eigenvalue weighted by Crippen LogP contribution is -2.37. The summed E-state index contributed by atoms with van der Waals surface area (Å²) < 4.78 is 0. The van der Waals surface area contributed by atoms with Gasteiger partial charge in [-0.3, -0.25) is 9.82 Å². The van der Waals surface area contributed by atoms with Crippen molar-refractivity contribution in [2.45, 2.75) is 39.3 Å². The van der Waals surface area contributed by atoms with Gasteiger partial charge in [0.1, 0.15) is 10.6 Å². The van der Waals surface area contributed by atoms with Gasteiger partial charge in [0.05, 0.1) is 17.5 Å². The zero-order valence-electron chi connectivity index (χ0n) is 11.8. The third-order valence-electron chi connectivity index (χ3n) is 3.12. The number of rotatable bonds is 1. The molecule has 6 nitrogen and oxygen atoms in total. The van der Waals surface area contributed by atoms with E-state index in [-0.39, 0.29) is 5.60 Å². The van der Waals surface area contributed by atoms with Crippen molar-refractivity contribution in [3.8, 4) is 0 Å². The average molecular weight is 294 g/mol. The molecule has 2 aromatic rings. The first-order chi connectivity index (χ1) is 9.33. The number of fused-ring (bicyclic) bond motifs is 3. The Kier molecular flexibility index (Phi) is 3.07. The third-order valence-corrected chi connectivity index (χ3v) is 4.26. The molecule has 1 aliphatic heterocycles. The van der Waals surface area contributed by atoms with Crippen molar-refractivity contribution in [1.29, 1.82) is 0 Å². The average Bonchev–Trinajstić information content (AvgIpc) is 2.63. The first-order valence-corrected chi connectivity index (χ1v) is 7.39. The molecule has 108 valence electrons. The second kappa shape index (κ2) is 4.54. The molecule has 0 unspecified atom stereocenters. The zero-order chi connectivity index (χ0) is 14.5. The predicted octanol–water partition coefficient (Wildman–Crippen LogP) is 1.66. The van der Waals surface area contributed by atoms with Crippen molar-refractivity contribution in [3.05, 3.63) is 20.9 Å². The lowest BCUT2D eigenvalue weighted by atomic mass is 10.1. The summed E-state index contributed by atoms with van der Waals surface area (Å²) in [4.78, 5) is 25.8. The smallest absolute Gasteiger partial charge is 0.347 e. The second-order valence-electron chi connectivity index (χ2n) is 5.95. The maximum absolute atomic E-state index is 11.4. The van der Waals surface area contributed by atoms with E-state index in [4.69, 9.17) is 10.6 Å². The van der Waals surface area contributed by atoms with E-state index in [2.05, 4.69) is 9.97 Å². The minimum absolute atomic E-state index is 0.205. The van der Waals surface area contributed by atoms with Crippen LogP contribution in [-0.2, 0) is 17.8 Å². The Labute approximate surface area is 120 Å². The van der Waals surface area contributed by atoms with Crippen LogP contribution in [0.5, 0.6) is 0 Å². The molecular formula is C13H18N4O2S. The maximum Gasteiger partial charge on any atom is 0.347 e. The normalized spacial score (nSPS) is 16.6. The molecular weight excluding hydrogens is 276 g/mol. The molecule has 0 aromatic carbocycles. The Balaban J connectivity index is 1.99. The van der Waals surface area contributed by atoms with Crippen molar-refractivity contribution in [2.75, 3.05) is 12.3 Å². The largest absolute Gasteiger partial charge is 0.383 e. The van der Waals surface area contributed by atoms with Crippen molar-refractivity contribution < 1.29 is 4.84 Å². The number of aromatic amines is 1. The topological polar surface area (TPSA) is 84.2 Å². The van der Waals surface area contributed by atoms with Gasteiger partial charge in [0.2, 0.25) is 0 Å². The molecule has 0 spiro atoms. The number of H-pyrrole nitrogens is 1. The summed E-state index contributed by atoms with van der Waals surface area (Å²) in [6, 6.07) is 0. The van der Waals surface area contributed by atoms with Crippen molar-refractivity contribution >= 4 is 27.4 Å². The van der Waals surface area contributed by atoms with Crippen LogP contribution in [0.4, 0.5) is 5.82 Å². The molecule has 0 aliphatic carbocycles. The fraction of sp³-hybridized carbons (Fsp3) is 0.538. The molecule has 2 aromatic heterocycles. The fourth-order valence-electron chi connectivity index (χ4n) is 2.49. The fourth-order valence-corrected chi connectivity index (χ4v) is 3.75. The van der Waals surface area contributed by atoms with E-state index in [1.54, 1.807) is 11.3 Å². The summed E-state index contributed by atoms with van der Waals surface area (Å²) in [7, 11) is 0. The van der Waals surface area contributed by atoms with E-state index in [1.165, 1.54) is 10.4 Å². The van der Waals surface area contributed by atoms with E-state index in [0.717, 1.165) is 23.2 Å². The number of anilines is 1. The van der Waals surface area contributed by atoms with Gasteiger partial charge in [-0.05, 0) is 32.8 Å². The summed E-state index contributed by atoms with van der Waals surface area (Å²) in [5.74, 6) is 0.325.